The van der Waals surface area contributed by atoms with Crippen LogP contribution in [0.1, 0.15) is 44.9 Å². The maximum atomic E-state index is 10.1. The van der Waals surface area contributed by atoms with Crippen molar-refractivity contribution >= 4 is 0 Å². The van der Waals surface area contributed by atoms with E-state index in [2.05, 4.69) is 0 Å². The molecule has 4 N–H and O–H groups in total. The summed E-state index contributed by atoms with van der Waals surface area (Å²) >= 11 is 0. The molecule has 3 aromatic carbocycles. The van der Waals surface area contributed by atoms with Gasteiger partial charge in [0.1, 0.15) is 11.5 Å². The summed E-state index contributed by atoms with van der Waals surface area (Å²) in [7, 11) is 0. The van der Waals surface area contributed by atoms with Crippen LogP contribution in [0.15, 0.2) is 42.5 Å². The van der Waals surface area contributed by atoms with Crippen LogP contribution in [0.2, 0.25) is 0 Å². The predicted molar refractivity (Wildman–Crippen MR) is 115 cm³/mol. The van der Waals surface area contributed by atoms with E-state index in [1.807, 2.05) is 58.0 Å². The number of aromatic hydroxyl groups is 4. The first kappa shape index (κ1) is 20.6. The van der Waals surface area contributed by atoms with E-state index in [0.717, 1.165) is 38.9 Å². The Labute approximate surface area is 171 Å². The molecule has 0 heterocycles. The normalized spacial score (nSPS) is 11.2. The minimum atomic E-state index is -0.139. The summed E-state index contributed by atoms with van der Waals surface area (Å²) in [6.07, 6.45) is 1.43. The summed E-state index contributed by atoms with van der Waals surface area (Å²) in [5.41, 5.74) is 6.47. The van der Waals surface area contributed by atoms with Gasteiger partial charge in [-0.05, 0) is 97.5 Å². The standard InChI is InChI=1S/C25H28O4/c1-14-7-18(8-15(2)24(14)28)11-21(20-5-6-22(26)23(27)13-20)12-19-9-16(3)25(29)17(4)10-19/h5-10,13,21,26-29H,11-12H2,1-4H3. The van der Waals surface area contributed by atoms with Crippen LogP contribution in [0.5, 0.6) is 23.0 Å². The maximum Gasteiger partial charge on any atom is 0.157 e. The molecular formula is C25H28O4. The highest BCUT2D eigenvalue weighted by Crippen LogP contribution is 2.34. The van der Waals surface area contributed by atoms with Gasteiger partial charge in [-0.25, -0.2) is 0 Å². The second kappa shape index (κ2) is 8.08. The van der Waals surface area contributed by atoms with Gasteiger partial charge in [-0.2, -0.15) is 0 Å². The highest BCUT2D eigenvalue weighted by atomic mass is 16.3. The minimum absolute atomic E-state index is 0.0492. The highest BCUT2D eigenvalue weighted by molar-refractivity contribution is 5.46. The van der Waals surface area contributed by atoms with E-state index in [4.69, 9.17) is 0 Å². The van der Waals surface area contributed by atoms with Crippen LogP contribution in [0.3, 0.4) is 0 Å². The van der Waals surface area contributed by atoms with Gasteiger partial charge >= 0.3 is 0 Å². The molecule has 0 bridgehead atoms. The molecule has 0 spiro atoms. The average Bonchev–Trinajstić information content (AvgIpc) is 2.65. The molecule has 0 fully saturated rings. The van der Waals surface area contributed by atoms with Crippen LogP contribution in [0.4, 0.5) is 0 Å². The number of phenolic OH excluding ortho intramolecular Hbond substituents is 4. The van der Waals surface area contributed by atoms with Gasteiger partial charge in [0.05, 0.1) is 0 Å². The summed E-state index contributed by atoms with van der Waals surface area (Å²) < 4.78 is 0. The number of hydrogen-bond donors (Lipinski definition) is 4. The Kier molecular flexibility index (Phi) is 5.73. The van der Waals surface area contributed by atoms with E-state index in [-0.39, 0.29) is 17.4 Å². The van der Waals surface area contributed by atoms with Crippen LogP contribution in [-0.4, -0.2) is 20.4 Å². The fraction of sp³-hybridized carbons (Fsp3) is 0.280. The van der Waals surface area contributed by atoms with Crippen molar-refractivity contribution in [2.75, 3.05) is 0 Å². The number of phenols is 4. The molecule has 0 unspecified atom stereocenters. The van der Waals surface area contributed by atoms with Crippen LogP contribution < -0.4 is 0 Å². The molecule has 3 aromatic rings. The van der Waals surface area contributed by atoms with Gasteiger partial charge in [-0.15, -0.1) is 0 Å². The van der Waals surface area contributed by atoms with Gasteiger partial charge in [-0.1, -0.05) is 30.3 Å². The van der Waals surface area contributed by atoms with Gasteiger partial charge in [0, 0.05) is 0 Å². The zero-order valence-electron chi connectivity index (χ0n) is 17.3. The summed E-state index contributed by atoms with van der Waals surface area (Å²) in [4.78, 5) is 0. The third-order valence-electron chi connectivity index (χ3n) is 5.54. The lowest BCUT2D eigenvalue weighted by atomic mass is 9.85. The molecule has 0 radical (unpaired) electrons. The molecule has 0 atom stereocenters. The third kappa shape index (κ3) is 4.48. The van der Waals surface area contributed by atoms with Crippen molar-refractivity contribution in [3.63, 3.8) is 0 Å². The molecule has 0 aromatic heterocycles. The molecule has 4 nitrogen and oxygen atoms in total. The Morgan fingerprint density at radius 2 is 1.00 bits per heavy atom. The second-order valence-electron chi connectivity index (χ2n) is 8.01. The summed E-state index contributed by atoms with van der Waals surface area (Å²) in [5, 5.41) is 39.9. The fourth-order valence-corrected chi connectivity index (χ4v) is 4.00. The van der Waals surface area contributed by atoms with Crippen LogP contribution in [0, 0.1) is 27.7 Å². The molecule has 0 aliphatic carbocycles. The molecule has 0 aliphatic heterocycles. The number of aryl methyl sites for hydroxylation is 4. The molecule has 0 aliphatic rings. The Hall–Kier alpha value is -3.14. The molecule has 152 valence electrons. The third-order valence-corrected chi connectivity index (χ3v) is 5.54. The molecule has 0 saturated carbocycles. The quantitative estimate of drug-likeness (QED) is 0.444. The lowest BCUT2D eigenvalue weighted by molar-refractivity contribution is 0.402. The maximum absolute atomic E-state index is 10.1. The van der Waals surface area contributed by atoms with Gasteiger partial charge < -0.3 is 20.4 Å². The largest absolute Gasteiger partial charge is 0.507 e. The monoisotopic (exact) mass is 392 g/mol. The van der Waals surface area contributed by atoms with E-state index in [1.165, 1.54) is 6.07 Å². The average molecular weight is 392 g/mol. The summed E-state index contributed by atoms with van der Waals surface area (Å²) in [6, 6.07) is 12.9. The first-order valence-corrected chi connectivity index (χ1v) is 9.75. The molecule has 0 amide bonds. The Morgan fingerprint density at radius 1 is 0.586 bits per heavy atom. The molecular weight excluding hydrogens is 364 g/mol. The minimum Gasteiger partial charge on any atom is -0.507 e. The Balaban J connectivity index is 2.01. The number of benzene rings is 3. The van der Waals surface area contributed by atoms with E-state index < -0.39 is 0 Å². The molecule has 29 heavy (non-hydrogen) atoms. The van der Waals surface area contributed by atoms with Gasteiger partial charge in [0.15, 0.2) is 11.5 Å². The second-order valence-corrected chi connectivity index (χ2v) is 8.01. The highest BCUT2D eigenvalue weighted by Gasteiger charge is 2.18. The van der Waals surface area contributed by atoms with Gasteiger partial charge in [0.2, 0.25) is 0 Å². The predicted octanol–water partition coefficient (Wildman–Crippen LogP) is 5.31. The van der Waals surface area contributed by atoms with E-state index in [9.17, 15) is 20.4 Å². The first-order valence-electron chi connectivity index (χ1n) is 9.75. The molecule has 0 saturated heterocycles. The van der Waals surface area contributed by atoms with E-state index >= 15 is 0 Å². The lowest BCUT2D eigenvalue weighted by Gasteiger charge is -2.20. The van der Waals surface area contributed by atoms with E-state index in [1.54, 1.807) is 6.07 Å². The van der Waals surface area contributed by atoms with Crippen molar-refractivity contribution in [1.29, 1.82) is 0 Å². The van der Waals surface area contributed by atoms with Crippen LogP contribution in [-0.2, 0) is 12.8 Å². The zero-order valence-corrected chi connectivity index (χ0v) is 17.3. The van der Waals surface area contributed by atoms with Crippen molar-refractivity contribution in [3.8, 4) is 23.0 Å². The van der Waals surface area contributed by atoms with Crippen LogP contribution in [0.25, 0.3) is 0 Å². The Morgan fingerprint density at radius 3 is 1.38 bits per heavy atom. The lowest BCUT2D eigenvalue weighted by Crippen LogP contribution is -2.08. The number of hydrogen-bond acceptors (Lipinski definition) is 4. The number of rotatable bonds is 5. The summed E-state index contributed by atoms with van der Waals surface area (Å²) in [6.45, 7) is 7.56. The fourth-order valence-electron chi connectivity index (χ4n) is 4.00. The smallest absolute Gasteiger partial charge is 0.157 e. The van der Waals surface area contributed by atoms with Crippen LogP contribution >= 0.6 is 0 Å². The molecule has 4 heteroatoms. The van der Waals surface area contributed by atoms with E-state index in [0.29, 0.717) is 24.3 Å². The molecule has 3 rings (SSSR count). The van der Waals surface area contributed by atoms with Crippen molar-refractivity contribution < 1.29 is 20.4 Å². The van der Waals surface area contributed by atoms with Crippen molar-refractivity contribution in [2.45, 2.75) is 46.5 Å². The van der Waals surface area contributed by atoms with Gasteiger partial charge in [0.25, 0.3) is 0 Å². The van der Waals surface area contributed by atoms with Crippen molar-refractivity contribution in [3.05, 3.63) is 81.4 Å². The van der Waals surface area contributed by atoms with Crippen molar-refractivity contribution in [2.24, 2.45) is 0 Å². The SMILES string of the molecule is Cc1cc(CC(Cc2cc(C)c(O)c(C)c2)c2ccc(O)c(O)c2)cc(C)c1O. The van der Waals surface area contributed by atoms with Gasteiger partial charge in [-0.3, -0.25) is 0 Å². The first-order chi connectivity index (χ1) is 13.7. The Bertz CT molecular complexity index is 947. The summed E-state index contributed by atoms with van der Waals surface area (Å²) in [5.74, 6) is 0.409. The zero-order chi connectivity index (χ0) is 21.3. The topological polar surface area (TPSA) is 80.9 Å². The van der Waals surface area contributed by atoms with Crippen molar-refractivity contribution in [1.82, 2.24) is 0 Å².